The van der Waals surface area contributed by atoms with Crippen LogP contribution in [0.15, 0.2) is 18.2 Å². The molecule has 2 rings (SSSR count). The lowest BCUT2D eigenvalue weighted by Crippen LogP contribution is -2.29. The van der Waals surface area contributed by atoms with Crippen LogP contribution < -0.4 is 9.47 Å². The van der Waals surface area contributed by atoms with Crippen molar-refractivity contribution in [3.8, 4) is 11.5 Å². The minimum absolute atomic E-state index is 0.1000. The second-order valence-electron chi connectivity index (χ2n) is 8.28. The maximum atomic E-state index is 12.6. The third-order valence-electron chi connectivity index (χ3n) is 6.29. The molecule has 5 nitrogen and oxygen atoms in total. The molecule has 0 N–H and O–H groups in total. The van der Waals surface area contributed by atoms with Gasteiger partial charge in [-0.3, -0.25) is 4.79 Å². The lowest BCUT2D eigenvalue weighted by molar-refractivity contribution is -0.124. The van der Waals surface area contributed by atoms with Gasteiger partial charge in [-0.25, -0.2) is 8.42 Å². The van der Waals surface area contributed by atoms with E-state index in [4.69, 9.17) is 9.47 Å². The number of aryl methyl sites for hydroxylation is 1. The van der Waals surface area contributed by atoms with Crippen molar-refractivity contribution in [2.24, 2.45) is 11.8 Å². The van der Waals surface area contributed by atoms with E-state index >= 15 is 0 Å². The van der Waals surface area contributed by atoms with Crippen LogP contribution in [0.2, 0.25) is 0 Å². The summed E-state index contributed by atoms with van der Waals surface area (Å²) in [6, 6.07) is 5.87. The molecule has 0 bridgehead atoms. The van der Waals surface area contributed by atoms with Crippen molar-refractivity contribution >= 4 is 15.6 Å². The molecule has 1 aromatic carbocycles. The van der Waals surface area contributed by atoms with Crippen LogP contribution in [0.25, 0.3) is 0 Å². The van der Waals surface area contributed by atoms with Crippen molar-refractivity contribution < 1.29 is 22.7 Å². The summed E-state index contributed by atoms with van der Waals surface area (Å²) in [6.07, 6.45) is 6.24. The van der Waals surface area contributed by atoms with Crippen molar-refractivity contribution in [1.82, 2.24) is 0 Å². The van der Waals surface area contributed by atoms with E-state index < -0.39 is 9.84 Å². The summed E-state index contributed by atoms with van der Waals surface area (Å²) in [4.78, 5) is 12.6. The monoisotopic (exact) mass is 424 g/mol. The maximum absolute atomic E-state index is 12.6. The Hall–Kier alpha value is -1.56. The fourth-order valence-electron chi connectivity index (χ4n) is 4.10. The predicted molar refractivity (Wildman–Crippen MR) is 116 cm³/mol. The lowest BCUT2D eigenvalue weighted by Gasteiger charge is -2.28. The third kappa shape index (κ3) is 6.73. The smallest absolute Gasteiger partial charge is 0.160 e. The summed E-state index contributed by atoms with van der Waals surface area (Å²) in [5.74, 6) is 2.34. The molecule has 0 aromatic heterocycles. The normalized spacial score (nSPS) is 20.8. The van der Waals surface area contributed by atoms with Gasteiger partial charge in [-0.2, -0.15) is 0 Å². The summed E-state index contributed by atoms with van der Waals surface area (Å²) < 4.78 is 35.2. The van der Waals surface area contributed by atoms with Crippen LogP contribution in [-0.2, 0) is 21.1 Å². The van der Waals surface area contributed by atoms with Gasteiger partial charge < -0.3 is 9.47 Å². The Morgan fingerprint density at radius 3 is 2.34 bits per heavy atom. The molecular weight excluding hydrogens is 388 g/mol. The minimum Gasteiger partial charge on any atom is -0.493 e. The van der Waals surface area contributed by atoms with Crippen molar-refractivity contribution in [3.63, 3.8) is 0 Å². The minimum atomic E-state index is -3.01. The number of methoxy groups -OCH3 is 2. The molecule has 0 spiro atoms. The maximum Gasteiger partial charge on any atom is 0.160 e. The Balaban J connectivity index is 1.76. The van der Waals surface area contributed by atoms with E-state index in [-0.39, 0.29) is 22.8 Å². The first kappa shape index (κ1) is 23.7. The van der Waals surface area contributed by atoms with E-state index in [1.807, 2.05) is 25.1 Å². The molecule has 1 saturated carbocycles. The summed E-state index contributed by atoms with van der Waals surface area (Å²) >= 11 is 0. The Kier molecular flexibility index (Phi) is 9.00. The van der Waals surface area contributed by atoms with Gasteiger partial charge in [-0.05, 0) is 75.5 Å². The largest absolute Gasteiger partial charge is 0.493 e. The molecule has 1 unspecified atom stereocenters. The van der Waals surface area contributed by atoms with E-state index in [9.17, 15) is 13.2 Å². The van der Waals surface area contributed by atoms with E-state index in [2.05, 4.69) is 0 Å². The molecule has 1 aliphatic carbocycles. The van der Waals surface area contributed by atoms with Crippen LogP contribution in [0.3, 0.4) is 0 Å². The number of ketones is 1. The van der Waals surface area contributed by atoms with Crippen molar-refractivity contribution in [2.75, 3.05) is 20.0 Å². The molecule has 0 saturated heterocycles. The molecular formula is C23H36O5S. The average Bonchev–Trinajstić information content (AvgIpc) is 2.73. The summed E-state index contributed by atoms with van der Waals surface area (Å²) in [6.45, 7) is 3.71. The van der Waals surface area contributed by atoms with Crippen molar-refractivity contribution in [3.05, 3.63) is 23.8 Å². The van der Waals surface area contributed by atoms with Crippen LogP contribution in [0.5, 0.6) is 11.5 Å². The van der Waals surface area contributed by atoms with Crippen LogP contribution >= 0.6 is 0 Å². The highest BCUT2D eigenvalue weighted by molar-refractivity contribution is 7.92. The van der Waals surface area contributed by atoms with Gasteiger partial charge in [0.05, 0.1) is 25.2 Å². The molecule has 164 valence electrons. The van der Waals surface area contributed by atoms with Gasteiger partial charge in [0.2, 0.25) is 0 Å². The molecule has 1 aliphatic rings. The zero-order chi connectivity index (χ0) is 21.4. The molecule has 0 amide bonds. The Bertz CT molecular complexity index is 763. The number of benzene rings is 1. The quantitative estimate of drug-likeness (QED) is 0.519. The van der Waals surface area contributed by atoms with Gasteiger partial charge in [0.1, 0.15) is 5.78 Å². The zero-order valence-electron chi connectivity index (χ0n) is 18.3. The number of hydrogen-bond donors (Lipinski definition) is 0. The van der Waals surface area contributed by atoms with Crippen molar-refractivity contribution in [1.29, 1.82) is 0 Å². The van der Waals surface area contributed by atoms with Crippen LogP contribution in [0, 0.1) is 11.8 Å². The number of carbonyl (C=O) groups is 1. The number of carbonyl (C=O) groups excluding carboxylic acids is 1. The number of Topliss-reactive ketones (excluding diaryl/α,β-unsaturated/α-hetero) is 1. The fourth-order valence-corrected chi connectivity index (χ4v) is 5.93. The highest BCUT2D eigenvalue weighted by Crippen LogP contribution is 2.32. The number of ether oxygens (including phenoxy) is 2. The Labute approximate surface area is 176 Å². The number of sulfone groups is 1. The fraction of sp³-hybridized carbons (Fsp3) is 0.696. The van der Waals surface area contributed by atoms with E-state index in [1.165, 1.54) is 0 Å². The molecule has 0 aliphatic heterocycles. The Morgan fingerprint density at radius 1 is 1.10 bits per heavy atom. The van der Waals surface area contributed by atoms with Gasteiger partial charge in [0.15, 0.2) is 21.3 Å². The van der Waals surface area contributed by atoms with E-state index in [0.29, 0.717) is 30.1 Å². The van der Waals surface area contributed by atoms with Crippen LogP contribution in [-0.4, -0.2) is 39.4 Å². The molecule has 0 radical (unpaired) electrons. The van der Waals surface area contributed by atoms with Gasteiger partial charge >= 0.3 is 0 Å². The van der Waals surface area contributed by atoms with Crippen LogP contribution in [0.4, 0.5) is 0 Å². The number of rotatable bonds is 11. The second kappa shape index (κ2) is 11.0. The topological polar surface area (TPSA) is 69.7 Å². The third-order valence-corrected chi connectivity index (χ3v) is 8.79. The van der Waals surface area contributed by atoms with Crippen LogP contribution in [0.1, 0.15) is 64.4 Å². The molecule has 1 fully saturated rings. The zero-order valence-corrected chi connectivity index (χ0v) is 19.1. The summed E-state index contributed by atoms with van der Waals surface area (Å²) in [5, 5.41) is -0.265. The van der Waals surface area contributed by atoms with Gasteiger partial charge in [0, 0.05) is 12.3 Å². The van der Waals surface area contributed by atoms with Gasteiger partial charge in [-0.15, -0.1) is 0 Å². The Morgan fingerprint density at radius 2 is 1.76 bits per heavy atom. The van der Waals surface area contributed by atoms with Crippen molar-refractivity contribution in [2.45, 2.75) is 70.5 Å². The first-order chi connectivity index (χ1) is 13.8. The number of hydrogen-bond acceptors (Lipinski definition) is 5. The predicted octanol–water partition coefficient (Wildman–Crippen LogP) is 4.62. The highest BCUT2D eigenvalue weighted by Gasteiger charge is 2.30. The first-order valence-electron chi connectivity index (χ1n) is 10.8. The first-order valence-corrected chi connectivity index (χ1v) is 12.5. The lowest BCUT2D eigenvalue weighted by atomic mass is 9.80. The second-order valence-corrected chi connectivity index (χ2v) is 10.7. The summed E-state index contributed by atoms with van der Waals surface area (Å²) in [7, 11) is 0.229. The molecule has 1 aromatic rings. The molecule has 0 heterocycles. The average molecular weight is 425 g/mol. The molecule has 29 heavy (non-hydrogen) atoms. The van der Waals surface area contributed by atoms with E-state index in [0.717, 1.165) is 44.1 Å². The SMILES string of the molecule is CCC(C)S(=O)(=O)CC1CCC(C(=O)CCCc2ccc(OC)c(OC)c2)CC1. The van der Waals surface area contributed by atoms with Gasteiger partial charge in [-0.1, -0.05) is 13.0 Å². The molecule has 6 heteroatoms. The molecule has 1 atom stereocenters. The highest BCUT2D eigenvalue weighted by atomic mass is 32.2. The standard InChI is InChI=1S/C23H36O5S/c1-5-17(2)29(25,26)16-19-9-12-20(13-10-19)21(24)8-6-7-18-11-14-22(27-3)23(15-18)28-4/h11,14-15,17,19-20H,5-10,12-13,16H2,1-4H3. The van der Waals surface area contributed by atoms with E-state index in [1.54, 1.807) is 21.1 Å². The summed E-state index contributed by atoms with van der Waals surface area (Å²) in [5.41, 5.74) is 1.13. The van der Waals surface area contributed by atoms with Gasteiger partial charge in [0.25, 0.3) is 0 Å².